The van der Waals surface area contributed by atoms with E-state index in [1.165, 1.54) is 11.1 Å². The Morgan fingerprint density at radius 3 is 2.80 bits per heavy atom. The highest BCUT2D eigenvalue weighted by molar-refractivity contribution is 5.40. The van der Waals surface area contributed by atoms with Crippen LogP contribution in [0.4, 0.5) is 0 Å². The predicted octanol–water partition coefficient (Wildman–Crippen LogP) is 2.75. The van der Waals surface area contributed by atoms with Crippen molar-refractivity contribution in [3.05, 3.63) is 65.2 Å². The quantitative estimate of drug-likeness (QED) is 0.900. The minimum atomic E-state index is -0.985. The molecule has 0 amide bonds. The second-order valence-corrected chi connectivity index (χ2v) is 5.39. The first kappa shape index (κ1) is 13.2. The average Bonchev–Trinajstić information content (AvgIpc) is 2.92. The number of rotatable bonds is 3. The molecule has 3 nitrogen and oxygen atoms in total. The summed E-state index contributed by atoms with van der Waals surface area (Å²) in [5.74, 6) is 0.758. The van der Waals surface area contributed by atoms with Crippen molar-refractivity contribution in [2.75, 3.05) is 7.11 Å². The Hall–Kier alpha value is -1.84. The summed E-state index contributed by atoms with van der Waals surface area (Å²) in [6.07, 6.45) is 0. The Balaban J connectivity index is 2.00. The van der Waals surface area contributed by atoms with Crippen molar-refractivity contribution in [3.8, 4) is 5.75 Å². The molecular weight excluding hydrogens is 250 g/mol. The summed E-state index contributed by atoms with van der Waals surface area (Å²) in [4.78, 5) is 0. The summed E-state index contributed by atoms with van der Waals surface area (Å²) in [5, 5.41) is 14.4. The van der Waals surface area contributed by atoms with Crippen LogP contribution in [0.2, 0.25) is 0 Å². The molecule has 0 fully saturated rings. The van der Waals surface area contributed by atoms with Gasteiger partial charge in [0, 0.05) is 6.54 Å². The van der Waals surface area contributed by atoms with Gasteiger partial charge in [0.2, 0.25) is 0 Å². The summed E-state index contributed by atoms with van der Waals surface area (Å²) >= 11 is 0. The molecule has 2 aromatic carbocycles. The zero-order valence-electron chi connectivity index (χ0n) is 11.8. The fourth-order valence-corrected chi connectivity index (χ4v) is 2.90. The molecule has 2 N–H and O–H groups in total. The second-order valence-electron chi connectivity index (χ2n) is 5.39. The van der Waals surface area contributed by atoms with E-state index in [9.17, 15) is 5.11 Å². The fourth-order valence-electron chi connectivity index (χ4n) is 2.90. The fraction of sp³-hybridized carbons (Fsp3) is 0.294. The standard InChI is InChI=1S/C17H19NO2/c1-17(19,13-7-5-8-14(10-13)20-2)16-15-9-4-3-6-12(15)11-18-16/h3-10,16,18-19H,11H2,1-2H3. The molecule has 1 aliphatic rings. The number of nitrogens with one attached hydrogen (secondary N) is 1. The molecule has 1 heterocycles. The van der Waals surface area contributed by atoms with Crippen molar-refractivity contribution in [1.82, 2.24) is 5.32 Å². The van der Waals surface area contributed by atoms with Gasteiger partial charge in [0.1, 0.15) is 11.4 Å². The summed E-state index contributed by atoms with van der Waals surface area (Å²) in [5.41, 5.74) is 2.29. The lowest BCUT2D eigenvalue weighted by Crippen LogP contribution is -2.35. The monoisotopic (exact) mass is 269 g/mol. The minimum absolute atomic E-state index is 0.106. The van der Waals surface area contributed by atoms with Crippen LogP contribution >= 0.6 is 0 Å². The number of ether oxygens (including phenoxy) is 1. The molecule has 0 aromatic heterocycles. The van der Waals surface area contributed by atoms with Crippen molar-refractivity contribution < 1.29 is 9.84 Å². The number of methoxy groups -OCH3 is 1. The van der Waals surface area contributed by atoms with E-state index in [-0.39, 0.29) is 6.04 Å². The average molecular weight is 269 g/mol. The van der Waals surface area contributed by atoms with E-state index in [0.717, 1.165) is 17.9 Å². The first-order valence-corrected chi connectivity index (χ1v) is 6.81. The van der Waals surface area contributed by atoms with Crippen LogP contribution in [0, 0.1) is 0 Å². The zero-order chi connectivity index (χ0) is 14.2. The van der Waals surface area contributed by atoms with Crippen LogP contribution in [0.25, 0.3) is 0 Å². The van der Waals surface area contributed by atoms with Gasteiger partial charge in [-0.05, 0) is 35.7 Å². The molecular formula is C17H19NO2. The van der Waals surface area contributed by atoms with Gasteiger partial charge in [0.25, 0.3) is 0 Å². The van der Waals surface area contributed by atoms with Crippen LogP contribution in [-0.4, -0.2) is 12.2 Å². The maximum Gasteiger partial charge on any atom is 0.119 e. The molecule has 104 valence electrons. The van der Waals surface area contributed by atoms with Crippen LogP contribution in [0.1, 0.15) is 29.7 Å². The molecule has 3 rings (SSSR count). The summed E-state index contributed by atoms with van der Waals surface area (Å²) in [7, 11) is 1.64. The van der Waals surface area contributed by atoms with Crippen LogP contribution in [0.15, 0.2) is 48.5 Å². The van der Waals surface area contributed by atoms with Crippen molar-refractivity contribution in [2.45, 2.75) is 25.1 Å². The van der Waals surface area contributed by atoms with Gasteiger partial charge in [-0.3, -0.25) is 0 Å². The van der Waals surface area contributed by atoms with Gasteiger partial charge in [-0.2, -0.15) is 0 Å². The SMILES string of the molecule is COc1cccc(C(C)(O)C2NCc3ccccc32)c1. The number of hydrogen-bond donors (Lipinski definition) is 2. The molecule has 0 bridgehead atoms. The first-order chi connectivity index (χ1) is 9.63. The van der Waals surface area contributed by atoms with E-state index < -0.39 is 5.60 Å². The van der Waals surface area contributed by atoms with Crippen LogP contribution in [0.5, 0.6) is 5.75 Å². The lowest BCUT2D eigenvalue weighted by molar-refractivity contribution is 0.0175. The molecule has 0 aliphatic carbocycles. The lowest BCUT2D eigenvalue weighted by atomic mass is 9.84. The summed E-state index contributed by atoms with van der Waals surface area (Å²) < 4.78 is 5.25. The van der Waals surface area contributed by atoms with E-state index in [2.05, 4.69) is 17.4 Å². The molecule has 3 heteroatoms. The molecule has 0 radical (unpaired) electrons. The van der Waals surface area contributed by atoms with Crippen LogP contribution in [0.3, 0.4) is 0 Å². The van der Waals surface area contributed by atoms with E-state index in [1.54, 1.807) is 7.11 Å². The smallest absolute Gasteiger partial charge is 0.119 e. The van der Waals surface area contributed by atoms with Gasteiger partial charge in [-0.1, -0.05) is 36.4 Å². The molecule has 2 atom stereocenters. The third kappa shape index (κ3) is 2.09. The molecule has 0 saturated carbocycles. The normalized spacial score (nSPS) is 20.2. The van der Waals surface area contributed by atoms with Crippen molar-refractivity contribution in [2.24, 2.45) is 0 Å². The Labute approximate surface area is 119 Å². The highest BCUT2D eigenvalue weighted by Crippen LogP contribution is 2.40. The Kier molecular flexibility index (Phi) is 3.24. The van der Waals surface area contributed by atoms with Gasteiger partial charge >= 0.3 is 0 Å². The first-order valence-electron chi connectivity index (χ1n) is 6.81. The van der Waals surface area contributed by atoms with Gasteiger partial charge in [0.15, 0.2) is 0 Å². The maximum absolute atomic E-state index is 11.0. The highest BCUT2D eigenvalue weighted by Gasteiger charge is 2.38. The summed E-state index contributed by atoms with van der Waals surface area (Å²) in [6.45, 7) is 2.64. The van der Waals surface area contributed by atoms with Gasteiger partial charge in [-0.15, -0.1) is 0 Å². The largest absolute Gasteiger partial charge is 0.497 e. The van der Waals surface area contributed by atoms with E-state index >= 15 is 0 Å². The number of benzene rings is 2. The van der Waals surface area contributed by atoms with E-state index in [1.807, 2.05) is 43.3 Å². The molecule has 0 saturated heterocycles. The van der Waals surface area contributed by atoms with Gasteiger partial charge in [0.05, 0.1) is 13.2 Å². The zero-order valence-corrected chi connectivity index (χ0v) is 11.8. The van der Waals surface area contributed by atoms with E-state index in [0.29, 0.717) is 0 Å². The van der Waals surface area contributed by atoms with Crippen LogP contribution < -0.4 is 10.1 Å². The molecule has 1 aliphatic heterocycles. The van der Waals surface area contributed by atoms with Crippen molar-refractivity contribution >= 4 is 0 Å². The second kappa shape index (κ2) is 4.93. The third-order valence-electron chi connectivity index (χ3n) is 4.08. The Morgan fingerprint density at radius 1 is 1.20 bits per heavy atom. The van der Waals surface area contributed by atoms with Gasteiger partial charge < -0.3 is 15.2 Å². The molecule has 20 heavy (non-hydrogen) atoms. The molecule has 2 unspecified atom stereocenters. The van der Waals surface area contributed by atoms with E-state index in [4.69, 9.17) is 4.74 Å². The predicted molar refractivity (Wildman–Crippen MR) is 78.6 cm³/mol. The number of fused-ring (bicyclic) bond motifs is 1. The number of aliphatic hydroxyl groups is 1. The highest BCUT2D eigenvalue weighted by atomic mass is 16.5. The van der Waals surface area contributed by atoms with Crippen molar-refractivity contribution in [3.63, 3.8) is 0 Å². The number of hydrogen-bond acceptors (Lipinski definition) is 3. The van der Waals surface area contributed by atoms with Crippen LogP contribution in [-0.2, 0) is 12.1 Å². The summed E-state index contributed by atoms with van der Waals surface area (Å²) in [6, 6.07) is 15.7. The Bertz CT molecular complexity index is 622. The van der Waals surface area contributed by atoms with Crippen molar-refractivity contribution in [1.29, 1.82) is 0 Å². The van der Waals surface area contributed by atoms with Gasteiger partial charge in [-0.25, -0.2) is 0 Å². The molecule has 2 aromatic rings. The maximum atomic E-state index is 11.0. The molecule has 0 spiro atoms. The Morgan fingerprint density at radius 2 is 2.00 bits per heavy atom. The lowest BCUT2D eigenvalue weighted by Gasteiger charge is -2.31. The minimum Gasteiger partial charge on any atom is -0.497 e. The third-order valence-corrected chi connectivity index (χ3v) is 4.08. The topological polar surface area (TPSA) is 41.5 Å².